The molecule has 0 aliphatic carbocycles. The molecule has 1 rings (SSSR count). The highest BCUT2D eigenvalue weighted by molar-refractivity contribution is 7.91. The van der Waals surface area contributed by atoms with Crippen LogP contribution in [-0.2, 0) is 10.0 Å². The molecule has 98 valence electrons. The summed E-state index contributed by atoms with van der Waals surface area (Å²) in [6, 6.07) is 1.68. The Bertz CT molecular complexity index is 478. The third-order valence-corrected chi connectivity index (χ3v) is 5.82. The normalized spacial score (nSPS) is 13.4. The topological polar surface area (TPSA) is 57.6 Å². The molecule has 0 spiro atoms. The molecule has 17 heavy (non-hydrogen) atoms. The lowest BCUT2D eigenvalue weighted by Crippen LogP contribution is -2.39. The van der Waals surface area contributed by atoms with Crippen molar-refractivity contribution in [3.05, 3.63) is 16.5 Å². The van der Waals surface area contributed by atoms with Gasteiger partial charge in [-0.1, -0.05) is 0 Å². The molecular formula is C11H19NO3S2. The fourth-order valence-corrected chi connectivity index (χ4v) is 4.50. The van der Waals surface area contributed by atoms with Gasteiger partial charge in [-0.15, -0.1) is 11.3 Å². The Morgan fingerprint density at radius 2 is 1.94 bits per heavy atom. The van der Waals surface area contributed by atoms with Crippen molar-refractivity contribution in [1.82, 2.24) is 4.31 Å². The molecule has 0 aliphatic rings. The second-order valence-corrected chi connectivity index (χ2v) is 8.41. The second kappa shape index (κ2) is 4.68. The molecule has 6 heteroatoms. The first-order chi connectivity index (χ1) is 7.54. The number of nitrogens with zero attached hydrogens (tertiary/aromatic N) is 1. The molecule has 0 radical (unpaired) electrons. The summed E-state index contributed by atoms with van der Waals surface area (Å²) in [6.07, 6.45) is 0. The van der Waals surface area contributed by atoms with Crippen molar-refractivity contribution in [2.24, 2.45) is 0 Å². The summed E-state index contributed by atoms with van der Waals surface area (Å²) in [5, 5.41) is 9.66. The van der Waals surface area contributed by atoms with E-state index in [1.807, 2.05) is 13.8 Å². The fraction of sp³-hybridized carbons (Fsp3) is 0.636. The highest BCUT2D eigenvalue weighted by Crippen LogP contribution is 2.27. The number of rotatable bonds is 4. The van der Waals surface area contributed by atoms with Gasteiger partial charge in [-0.3, -0.25) is 0 Å². The Morgan fingerprint density at radius 3 is 2.29 bits per heavy atom. The fourth-order valence-electron chi connectivity index (χ4n) is 1.45. The lowest BCUT2D eigenvalue weighted by Gasteiger charge is -2.24. The summed E-state index contributed by atoms with van der Waals surface area (Å²) in [6.45, 7) is 7.04. The molecule has 0 aromatic carbocycles. The lowest BCUT2D eigenvalue weighted by molar-refractivity contribution is 0.0640. The molecule has 0 aliphatic heterocycles. The van der Waals surface area contributed by atoms with Crippen LogP contribution in [-0.4, -0.2) is 37.0 Å². The van der Waals surface area contributed by atoms with Crippen molar-refractivity contribution < 1.29 is 13.5 Å². The van der Waals surface area contributed by atoms with Gasteiger partial charge >= 0.3 is 0 Å². The van der Waals surface area contributed by atoms with Gasteiger partial charge in [0.25, 0.3) is 10.0 Å². The molecule has 0 bridgehead atoms. The smallest absolute Gasteiger partial charge is 0.252 e. The summed E-state index contributed by atoms with van der Waals surface area (Å²) >= 11 is 1.26. The van der Waals surface area contributed by atoms with Crippen molar-refractivity contribution in [2.45, 2.75) is 37.5 Å². The van der Waals surface area contributed by atoms with E-state index in [-0.39, 0.29) is 6.54 Å². The van der Waals surface area contributed by atoms with Crippen LogP contribution in [0.25, 0.3) is 0 Å². The maximum absolute atomic E-state index is 12.2. The molecule has 4 nitrogen and oxygen atoms in total. The van der Waals surface area contributed by atoms with Gasteiger partial charge in [-0.2, -0.15) is 4.31 Å². The van der Waals surface area contributed by atoms with Crippen LogP contribution in [0.5, 0.6) is 0 Å². The third-order valence-electron chi connectivity index (χ3n) is 2.42. The van der Waals surface area contributed by atoms with Crippen molar-refractivity contribution in [2.75, 3.05) is 13.6 Å². The Morgan fingerprint density at radius 1 is 1.41 bits per heavy atom. The van der Waals surface area contributed by atoms with Gasteiger partial charge in [0, 0.05) is 18.5 Å². The quantitative estimate of drug-likeness (QED) is 0.912. The Hall–Kier alpha value is -0.430. The first kappa shape index (κ1) is 14.6. The third kappa shape index (κ3) is 3.51. The van der Waals surface area contributed by atoms with E-state index in [0.29, 0.717) is 4.21 Å². The first-order valence-electron chi connectivity index (χ1n) is 5.30. The molecular weight excluding hydrogens is 258 g/mol. The van der Waals surface area contributed by atoms with Crippen LogP contribution < -0.4 is 0 Å². The maximum atomic E-state index is 12.2. The van der Waals surface area contributed by atoms with Gasteiger partial charge < -0.3 is 5.11 Å². The van der Waals surface area contributed by atoms with Gasteiger partial charge in [0.2, 0.25) is 0 Å². The van der Waals surface area contributed by atoms with Gasteiger partial charge in [0.15, 0.2) is 0 Å². The standard InChI is InChI=1S/C11H19NO3S2/c1-8-6-10(16-9(8)2)17(14,15)12(5)7-11(3,4)13/h6,13H,7H2,1-5H3. The summed E-state index contributed by atoms with van der Waals surface area (Å²) < 4.78 is 25.9. The molecule has 0 fully saturated rings. The first-order valence-corrected chi connectivity index (χ1v) is 7.55. The minimum Gasteiger partial charge on any atom is -0.389 e. The number of aliphatic hydroxyl groups is 1. The van der Waals surface area contributed by atoms with Crippen molar-refractivity contribution >= 4 is 21.4 Å². The molecule has 1 aromatic heterocycles. The van der Waals surface area contributed by atoms with E-state index in [1.165, 1.54) is 22.7 Å². The van der Waals surface area contributed by atoms with Gasteiger partial charge in [0.05, 0.1) is 5.60 Å². The van der Waals surface area contributed by atoms with Gasteiger partial charge in [0.1, 0.15) is 4.21 Å². The minimum atomic E-state index is -3.48. The summed E-state index contributed by atoms with van der Waals surface area (Å²) in [7, 11) is -2.00. The molecule has 1 N–H and O–H groups in total. The largest absolute Gasteiger partial charge is 0.389 e. The molecule has 0 unspecified atom stereocenters. The van der Waals surface area contributed by atoms with E-state index in [4.69, 9.17) is 0 Å². The second-order valence-electron chi connectivity index (χ2n) is 4.88. The highest BCUT2D eigenvalue weighted by atomic mass is 32.2. The van der Waals surface area contributed by atoms with E-state index in [2.05, 4.69) is 0 Å². The molecule has 0 saturated carbocycles. The maximum Gasteiger partial charge on any atom is 0.252 e. The van der Waals surface area contributed by atoms with E-state index in [1.54, 1.807) is 19.9 Å². The average molecular weight is 277 g/mol. The van der Waals surface area contributed by atoms with Crippen LogP contribution >= 0.6 is 11.3 Å². The number of aryl methyl sites for hydroxylation is 2. The van der Waals surface area contributed by atoms with Crippen LogP contribution in [0.3, 0.4) is 0 Å². The van der Waals surface area contributed by atoms with Crippen LogP contribution in [0.1, 0.15) is 24.3 Å². The Kier molecular flexibility index (Phi) is 4.03. The van der Waals surface area contributed by atoms with E-state index in [9.17, 15) is 13.5 Å². The molecule has 0 amide bonds. The zero-order valence-corrected chi connectivity index (χ0v) is 12.4. The van der Waals surface area contributed by atoms with Gasteiger partial charge in [-0.25, -0.2) is 8.42 Å². The Balaban J connectivity index is 3.03. The molecule has 1 heterocycles. The van der Waals surface area contributed by atoms with E-state index >= 15 is 0 Å². The lowest BCUT2D eigenvalue weighted by atomic mass is 10.1. The molecule has 1 aromatic rings. The molecule has 0 saturated heterocycles. The predicted molar refractivity (Wildman–Crippen MR) is 69.9 cm³/mol. The monoisotopic (exact) mass is 277 g/mol. The minimum absolute atomic E-state index is 0.0747. The number of hydrogen-bond acceptors (Lipinski definition) is 4. The zero-order chi connectivity index (χ0) is 13.4. The number of sulfonamides is 1. The predicted octanol–water partition coefficient (Wildman–Crippen LogP) is 1.76. The van der Waals surface area contributed by atoms with Crippen molar-refractivity contribution in [3.8, 4) is 0 Å². The number of likely N-dealkylation sites (N-methyl/N-ethyl adjacent to an activating group) is 1. The SMILES string of the molecule is Cc1cc(S(=O)(=O)N(C)CC(C)(C)O)sc1C. The highest BCUT2D eigenvalue weighted by Gasteiger charge is 2.27. The van der Waals surface area contributed by atoms with Crippen molar-refractivity contribution in [1.29, 1.82) is 0 Å². The van der Waals surface area contributed by atoms with Crippen LogP contribution in [0, 0.1) is 13.8 Å². The van der Waals surface area contributed by atoms with Crippen LogP contribution in [0.15, 0.2) is 10.3 Å². The summed E-state index contributed by atoms with van der Waals surface area (Å²) in [5.74, 6) is 0. The van der Waals surface area contributed by atoms with Gasteiger partial charge in [-0.05, 0) is 39.3 Å². The van der Waals surface area contributed by atoms with Crippen LogP contribution in [0.2, 0.25) is 0 Å². The Labute approximate surface area is 107 Å². The van der Waals surface area contributed by atoms with E-state index in [0.717, 1.165) is 10.4 Å². The zero-order valence-electron chi connectivity index (χ0n) is 10.8. The van der Waals surface area contributed by atoms with Crippen molar-refractivity contribution in [3.63, 3.8) is 0 Å². The molecule has 0 atom stereocenters. The number of hydrogen-bond donors (Lipinski definition) is 1. The summed E-state index contributed by atoms with van der Waals surface area (Å²) in [5.41, 5.74) is -0.0615. The number of thiophene rings is 1. The van der Waals surface area contributed by atoms with E-state index < -0.39 is 15.6 Å². The average Bonchev–Trinajstić information content (AvgIpc) is 2.44. The summed E-state index contributed by atoms with van der Waals surface area (Å²) in [4.78, 5) is 1.00. The van der Waals surface area contributed by atoms with Crippen LogP contribution in [0.4, 0.5) is 0 Å².